The van der Waals surface area contributed by atoms with Gasteiger partial charge in [-0.1, -0.05) is 19.1 Å². The number of aryl methyl sites for hydroxylation is 1. The number of benzene rings is 2. The summed E-state index contributed by atoms with van der Waals surface area (Å²) in [6.07, 6.45) is 0.903. The topological polar surface area (TPSA) is 84.9 Å². The van der Waals surface area contributed by atoms with Crippen molar-refractivity contribution in [2.75, 3.05) is 23.4 Å². The monoisotopic (exact) mass is 432 g/mol. The summed E-state index contributed by atoms with van der Waals surface area (Å²) in [4.78, 5) is 38.1. The van der Waals surface area contributed by atoms with Gasteiger partial charge in [-0.3, -0.25) is 14.4 Å². The minimum Gasteiger partial charge on any atom is -0.455 e. The molecule has 0 saturated carbocycles. The predicted octanol–water partition coefficient (Wildman–Crippen LogP) is 3.39. The second kappa shape index (κ2) is 10.0. The zero-order chi connectivity index (χ0) is 22.4. The minimum atomic E-state index is -2.94. The van der Waals surface area contributed by atoms with Crippen LogP contribution in [0.25, 0.3) is 0 Å². The summed E-state index contributed by atoms with van der Waals surface area (Å²) in [7, 11) is 0. The zero-order valence-electron chi connectivity index (χ0n) is 16.8. The average molecular weight is 432 g/mol. The van der Waals surface area contributed by atoms with Crippen molar-refractivity contribution in [3.63, 3.8) is 0 Å². The highest BCUT2D eigenvalue weighted by molar-refractivity contribution is 6.00. The highest BCUT2D eigenvalue weighted by Gasteiger charge is 2.36. The average Bonchev–Trinajstić information content (AvgIpc) is 3.15. The van der Waals surface area contributed by atoms with Crippen LogP contribution in [0.5, 0.6) is 5.75 Å². The van der Waals surface area contributed by atoms with E-state index in [-0.39, 0.29) is 24.6 Å². The Balaban J connectivity index is 1.47. The third kappa shape index (κ3) is 6.00. The fraction of sp³-hybridized carbons (Fsp3) is 0.318. The van der Waals surface area contributed by atoms with E-state index in [1.165, 1.54) is 29.2 Å². The van der Waals surface area contributed by atoms with Crippen LogP contribution in [0.4, 0.5) is 20.2 Å². The van der Waals surface area contributed by atoms with Crippen molar-refractivity contribution in [1.82, 2.24) is 0 Å². The van der Waals surface area contributed by atoms with Gasteiger partial charge >= 0.3 is 12.6 Å². The van der Waals surface area contributed by atoms with E-state index in [9.17, 15) is 23.2 Å². The Morgan fingerprint density at radius 2 is 1.81 bits per heavy atom. The molecule has 31 heavy (non-hydrogen) atoms. The summed E-state index contributed by atoms with van der Waals surface area (Å²) >= 11 is 0. The first-order chi connectivity index (χ1) is 14.9. The molecule has 0 bridgehead atoms. The van der Waals surface area contributed by atoms with E-state index in [1.54, 1.807) is 0 Å². The van der Waals surface area contributed by atoms with Gasteiger partial charge in [-0.15, -0.1) is 0 Å². The Morgan fingerprint density at radius 1 is 1.13 bits per heavy atom. The van der Waals surface area contributed by atoms with Crippen molar-refractivity contribution in [3.8, 4) is 5.75 Å². The van der Waals surface area contributed by atoms with E-state index < -0.39 is 31.0 Å². The van der Waals surface area contributed by atoms with Crippen LogP contribution in [-0.2, 0) is 25.5 Å². The fourth-order valence-corrected chi connectivity index (χ4v) is 3.20. The number of carbonyl (C=O) groups is 3. The Morgan fingerprint density at radius 3 is 2.42 bits per heavy atom. The summed E-state index contributed by atoms with van der Waals surface area (Å²) in [5.41, 5.74) is 2.20. The zero-order valence-corrected chi connectivity index (χ0v) is 16.8. The molecular formula is C22H22F2N2O5. The van der Waals surface area contributed by atoms with Crippen LogP contribution >= 0.6 is 0 Å². The maximum atomic E-state index is 12.3. The second-order valence-corrected chi connectivity index (χ2v) is 6.98. The molecule has 1 N–H and O–H groups in total. The highest BCUT2D eigenvalue weighted by Crippen LogP contribution is 2.26. The number of hydrogen-bond acceptors (Lipinski definition) is 5. The standard InChI is InChI=1S/C22H22F2N2O5/c1-2-14-3-7-17(8-4-14)26-12-15(11-20(26)28)21(29)30-13-19(27)25-16-5-9-18(10-6-16)31-22(23)24/h3-10,15,22H,2,11-13H2,1H3,(H,25,27)/t15-/m0/s1. The van der Waals surface area contributed by atoms with Gasteiger partial charge in [0, 0.05) is 24.3 Å². The van der Waals surface area contributed by atoms with Gasteiger partial charge in [0.05, 0.1) is 5.92 Å². The predicted molar refractivity (Wildman–Crippen MR) is 109 cm³/mol. The smallest absolute Gasteiger partial charge is 0.387 e. The van der Waals surface area contributed by atoms with E-state index >= 15 is 0 Å². The molecule has 0 unspecified atom stereocenters. The molecule has 1 heterocycles. The summed E-state index contributed by atoms with van der Waals surface area (Å²) in [5.74, 6) is -2.10. The molecule has 164 valence electrons. The first kappa shape index (κ1) is 22.2. The van der Waals surface area contributed by atoms with Gasteiger partial charge in [-0.2, -0.15) is 8.78 Å². The number of rotatable bonds is 8. The largest absolute Gasteiger partial charge is 0.455 e. The molecule has 0 radical (unpaired) electrons. The SMILES string of the molecule is CCc1ccc(N2C[C@@H](C(=O)OCC(=O)Nc3ccc(OC(F)F)cc3)CC2=O)cc1. The number of esters is 1. The van der Waals surface area contributed by atoms with Crippen LogP contribution in [0.2, 0.25) is 0 Å². The molecular weight excluding hydrogens is 410 g/mol. The van der Waals surface area contributed by atoms with E-state index in [2.05, 4.69) is 10.1 Å². The third-order valence-corrected chi connectivity index (χ3v) is 4.82. The third-order valence-electron chi connectivity index (χ3n) is 4.82. The number of amides is 2. The molecule has 1 fully saturated rings. The summed E-state index contributed by atoms with van der Waals surface area (Å²) in [6, 6.07) is 12.9. The molecule has 1 atom stereocenters. The number of anilines is 2. The van der Waals surface area contributed by atoms with E-state index in [1.807, 2.05) is 31.2 Å². The van der Waals surface area contributed by atoms with Crippen LogP contribution in [0, 0.1) is 5.92 Å². The quantitative estimate of drug-likeness (QED) is 0.647. The lowest BCUT2D eigenvalue weighted by atomic mass is 10.1. The van der Waals surface area contributed by atoms with Gasteiger partial charge < -0.3 is 19.7 Å². The first-order valence-electron chi connectivity index (χ1n) is 9.76. The normalized spacial score (nSPS) is 15.8. The summed E-state index contributed by atoms with van der Waals surface area (Å²) in [6.45, 7) is -1.23. The number of alkyl halides is 2. The van der Waals surface area contributed by atoms with Gasteiger partial charge in [0.2, 0.25) is 5.91 Å². The summed E-state index contributed by atoms with van der Waals surface area (Å²) in [5, 5.41) is 2.49. The van der Waals surface area contributed by atoms with Gasteiger partial charge in [-0.25, -0.2) is 0 Å². The van der Waals surface area contributed by atoms with Crippen molar-refractivity contribution in [3.05, 3.63) is 54.1 Å². The van der Waals surface area contributed by atoms with E-state index in [0.717, 1.165) is 17.7 Å². The van der Waals surface area contributed by atoms with Crippen LogP contribution in [0.1, 0.15) is 18.9 Å². The molecule has 0 aromatic heterocycles. The Hall–Kier alpha value is -3.49. The molecule has 0 aliphatic carbocycles. The van der Waals surface area contributed by atoms with Crippen molar-refractivity contribution in [1.29, 1.82) is 0 Å². The molecule has 1 aliphatic rings. The minimum absolute atomic E-state index is 0.0155. The molecule has 9 heteroatoms. The molecule has 2 aromatic carbocycles. The molecule has 1 aliphatic heterocycles. The molecule has 0 spiro atoms. The van der Waals surface area contributed by atoms with Crippen molar-refractivity contribution in [2.45, 2.75) is 26.4 Å². The highest BCUT2D eigenvalue weighted by atomic mass is 19.3. The maximum absolute atomic E-state index is 12.3. The number of nitrogens with zero attached hydrogens (tertiary/aromatic N) is 1. The molecule has 7 nitrogen and oxygen atoms in total. The van der Waals surface area contributed by atoms with Crippen molar-refractivity contribution >= 4 is 29.2 Å². The number of halogens is 2. The Bertz CT molecular complexity index is 932. The number of nitrogens with one attached hydrogen (secondary N) is 1. The molecule has 2 amide bonds. The van der Waals surface area contributed by atoms with Crippen LogP contribution in [-0.4, -0.2) is 37.5 Å². The van der Waals surface area contributed by atoms with Crippen molar-refractivity contribution < 1.29 is 32.6 Å². The van der Waals surface area contributed by atoms with E-state index in [0.29, 0.717) is 5.69 Å². The second-order valence-electron chi connectivity index (χ2n) is 6.98. The van der Waals surface area contributed by atoms with Crippen LogP contribution in [0.3, 0.4) is 0 Å². The lowest BCUT2D eigenvalue weighted by Crippen LogP contribution is -2.28. The number of carbonyl (C=O) groups excluding carboxylic acids is 3. The summed E-state index contributed by atoms with van der Waals surface area (Å²) < 4.78 is 33.6. The van der Waals surface area contributed by atoms with E-state index in [4.69, 9.17) is 4.74 Å². The van der Waals surface area contributed by atoms with Gasteiger partial charge in [0.1, 0.15) is 5.75 Å². The lowest BCUT2D eigenvalue weighted by Gasteiger charge is -2.17. The fourth-order valence-electron chi connectivity index (χ4n) is 3.20. The first-order valence-corrected chi connectivity index (χ1v) is 9.76. The van der Waals surface area contributed by atoms with Crippen molar-refractivity contribution in [2.24, 2.45) is 5.92 Å². The number of hydrogen-bond donors (Lipinski definition) is 1. The van der Waals surface area contributed by atoms with Gasteiger partial charge in [-0.05, 0) is 48.4 Å². The molecule has 3 rings (SSSR count). The molecule has 1 saturated heterocycles. The van der Waals surface area contributed by atoms with Crippen LogP contribution < -0.4 is 15.0 Å². The number of ether oxygens (including phenoxy) is 2. The Kier molecular flexibility index (Phi) is 7.17. The van der Waals surface area contributed by atoms with Crippen LogP contribution in [0.15, 0.2) is 48.5 Å². The lowest BCUT2D eigenvalue weighted by molar-refractivity contribution is -0.151. The molecule has 2 aromatic rings. The van der Waals surface area contributed by atoms with Gasteiger partial charge in [0.25, 0.3) is 5.91 Å². The maximum Gasteiger partial charge on any atom is 0.387 e. The van der Waals surface area contributed by atoms with Gasteiger partial charge in [0.15, 0.2) is 6.61 Å². The Labute approximate surface area is 177 Å².